The third kappa shape index (κ3) is 4.78. The number of rotatable bonds is 5. The zero-order chi connectivity index (χ0) is 18.6. The molecule has 0 aromatic carbocycles. The lowest BCUT2D eigenvalue weighted by atomic mass is 9.94. The highest BCUT2D eigenvalue weighted by molar-refractivity contribution is 5.97. The summed E-state index contributed by atoms with van der Waals surface area (Å²) < 4.78 is 0. The standard InChI is InChI=1S/C18H25N3O4/c1-11(2)12(3)20-16(22)13-4-6-21(7-5-13)17(23)14-8-15(18(24)25)10-19-9-14/h8-13H,4-7H2,1-3H3,(H,20,22)(H,24,25). The predicted molar refractivity (Wildman–Crippen MR) is 92.3 cm³/mol. The van der Waals surface area contributed by atoms with Gasteiger partial charge in [-0.05, 0) is 31.7 Å². The van der Waals surface area contributed by atoms with E-state index in [9.17, 15) is 14.4 Å². The minimum Gasteiger partial charge on any atom is -0.478 e. The van der Waals surface area contributed by atoms with E-state index in [1.807, 2.05) is 6.92 Å². The van der Waals surface area contributed by atoms with E-state index in [2.05, 4.69) is 24.1 Å². The van der Waals surface area contributed by atoms with Crippen molar-refractivity contribution in [1.29, 1.82) is 0 Å². The monoisotopic (exact) mass is 347 g/mol. The van der Waals surface area contributed by atoms with E-state index in [0.717, 1.165) is 0 Å². The normalized spacial score (nSPS) is 16.6. The molecule has 1 aliphatic rings. The highest BCUT2D eigenvalue weighted by Crippen LogP contribution is 2.20. The summed E-state index contributed by atoms with van der Waals surface area (Å²) in [6.45, 7) is 7.06. The molecular weight excluding hydrogens is 322 g/mol. The number of aromatic nitrogens is 1. The topological polar surface area (TPSA) is 99.6 Å². The number of carbonyl (C=O) groups excluding carboxylic acids is 2. The molecule has 0 aliphatic carbocycles. The molecule has 7 nitrogen and oxygen atoms in total. The largest absolute Gasteiger partial charge is 0.478 e. The van der Waals surface area contributed by atoms with Crippen molar-refractivity contribution >= 4 is 17.8 Å². The molecule has 1 aromatic rings. The van der Waals surface area contributed by atoms with Crippen molar-refractivity contribution in [1.82, 2.24) is 15.2 Å². The summed E-state index contributed by atoms with van der Waals surface area (Å²) in [4.78, 5) is 41.3. The fraction of sp³-hybridized carbons (Fsp3) is 0.556. The molecule has 0 radical (unpaired) electrons. The van der Waals surface area contributed by atoms with E-state index >= 15 is 0 Å². The van der Waals surface area contributed by atoms with Gasteiger partial charge in [0.25, 0.3) is 5.91 Å². The number of amides is 2. The van der Waals surface area contributed by atoms with Crippen LogP contribution < -0.4 is 5.32 Å². The van der Waals surface area contributed by atoms with E-state index in [4.69, 9.17) is 5.11 Å². The van der Waals surface area contributed by atoms with Gasteiger partial charge in [-0.1, -0.05) is 13.8 Å². The molecule has 0 saturated carbocycles. The van der Waals surface area contributed by atoms with Crippen LogP contribution in [0.4, 0.5) is 0 Å². The molecule has 1 aromatic heterocycles. The molecule has 1 unspecified atom stereocenters. The molecule has 1 saturated heterocycles. The Bertz CT molecular complexity index is 651. The third-order valence-corrected chi connectivity index (χ3v) is 4.76. The SMILES string of the molecule is CC(C)C(C)NC(=O)C1CCN(C(=O)c2cncc(C(=O)O)c2)CC1. The summed E-state index contributed by atoms with van der Waals surface area (Å²) in [5.74, 6) is -1.03. The highest BCUT2D eigenvalue weighted by atomic mass is 16.4. The molecule has 1 aliphatic heterocycles. The summed E-state index contributed by atoms with van der Waals surface area (Å²) >= 11 is 0. The van der Waals surface area contributed by atoms with Crippen molar-refractivity contribution < 1.29 is 19.5 Å². The maximum Gasteiger partial charge on any atom is 0.337 e. The Labute approximate surface area is 147 Å². The van der Waals surface area contributed by atoms with E-state index in [1.165, 1.54) is 18.5 Å². The lowest BCUT2D eigenvalue weighted by Gasteiger charge is -2.32. The number of hydrogen-bond donors (Lipinski definition) is 2. The van der Waals surface area contributed by atoms with Gasteiger partial charge >= 0.3 is 5.97 Å². The fourth-order valence-corrected chi connectivity index (χ4v) is 2.71. The minimum atomic E-state index is -1.11. The second-order valence-electron chi connectivity index (χ2n) is 6.88. The molecule has 2 N–H and O–H groups in total. The smallest absolute Gasteiger partial charge is 0.337 e. The summed E-state index contributed by atoms with van der Waals surface area (Å²) in [6, 6.07) is 1.46. The Balaban J connectivity index is 1.93. The Morgan fingerprint density at radius 2 is 1.76 bits per heavy atom. The number of carbonyl (C=O) groups is 3. The van der Waals surface area contributed by atoms with Crippen LogP contribution in [0.15, 0.2) is 18.5 Å². The van der Waals surface area contributed by atoms with Gasteiger partial charge in [0.2, 0.25) is 5.91 Å². The number of likely N-dealkylation sites (tertiary alicyclic amines) is 1. The van der Waals surface area contributed by atoms with Crippen LogP contribution in [-0.4, -0.2) is 51.9 Å². The summed E-state index contributed by atoms with van der Waals surface area (Å²) in [7, 11) is 0. The zero-order valence-electron chi connectivity index (χ0n) is 14.9. The molecule has 2 rings (SSSR count). The number of nitrogens with zero attached hydrogens (tertiary/aromatic N) is 2. The van der Waals surface area contributed by atoms with E-state index in [-0.39, 0.29) is 34.9 Å². The summed E-state index contributed by atoms with van der Waals surface area (Å²) in [6.07, 6.45) is 3.80. The molecule has 136 valence electrons. The molecule has 0 spiro atoms. The Morgan fingerprint density at radius 1 is 1.16 bits per heavy atom. The predicted octanol–water partition coefficient (Wildman–Crippen LogP) is 1.79. The van der Waals surface area contributed by atoms with E-state index in [1.54, 1.807) is 4.90 Å². The van der Waals surface area contributed by atoms with Gasteiger partial charge in [-0.2, -0.15) is 0 Å². The molecule has 7 heteroatoms. The van der Waals surface area contributed by atoms with Crippen LogP contribution >= 0.6 is 0 Å². The van der Waals surface area contributed by atoms with Crippen molar-refractivity contribution in [3.8, 4) is 0 Å². The van der Waals surface area contributed by atoms with E-state index in [0.29, 0.717) is 31.8 Å². The molecular formula is C18H25N3O4. The van der Waals surface area contributed by atoms with Crippen LogP contribution in [0, 0.1) is 11.8 Å². The summed E-state index contributed by atoms with van der Waals surface area (Å²) in [5.41, 5.74) is 0.249. The number of aromatic carboxylic acids is 1. The number of carboxylic acid groups (broad SMARTS) is 1. The number of pyridine rings is 1. The van der Waals surface area contributed by atoms with Crippen molar-refractivity contribution in [2.24, 2.45) is 11.8 Å². The lowest BCUT2D eigenvalue weighted by molar-refractivity contribution is -0.127. The minimum absolute atomic E-state index is 0.0113. The Hall–Kier alpha value is -2.44. The fourth-order valence-electron chi connectivity index (χ4n) is 2.71. The van der Waals surface area contributed by atoms with Gasteiger partial charge in [-0.15, -0.1) is 0 Å². The van der Waals surface area contributed by atoms with Crippen LogP contribution in [0.25, 0.3) is 0 Å². The zero-order valence-corrected chi connectivity index (χ0v) is 14.9. The average Bonchev–Trinajstić information content (AvgIpc) is 2.61. The van der Waals surface area contributed by atoms with Gasteiger partial charge in [0, 0.05) is 37.4 Å². The quantitative estimate of drug-likeness (QED) is 0.846. The number of hydrogen-bond acceptors (Lipinski definition) is 4. The summed E-state index contributed by atoms with van der Waals surface area (Å²) in [5, 5.41) is 12.0. The Morgan fingerprint density at radius 3 is 2.32 bits per heavy atom. The first-order valence-electron chi connectivity index (χ1n) is 8.57. The first kappa shape index (κ1) is 18.9. The maximum absolute atomic E-state index is 12.5. The second-order valence-corrected chi connectivity index (χ2v) is 6.88. The van der Waals surface area contributed by atoms with Crippen LogP contribution in [-0.2, 0) is 4.79 Å². The van der Waals surface area contributed by atoms with Crippen LogP contribution in [0.1, 0.15) is 54.3 Å². The van der Waals surface area contributed by atoms with Crippen molar-refractivity contribution in [3.63, 3.8) is 0 Å². The van der Waals surface area contributed by atoms with Crippen molar-refractivity contribution in [3.05, 3.63) is 29.6 Å². The number of nitrogens with one attached hydrogen (secondary N) is 1. The first-order valence-corrected chi connectivity index (χ1v) is 8.57. The molecule has 25 heavy (non-hydrogen) atoms. The van der Waals surface area contributed by atoms with Crippen molar-refractivity contribution in [2.45, 2.75) is 39.7 Å². The number of piperidine rings is 1. The van der Waals surface area contributed by atoms with Gasteiger partial charge in [0.15, 0.2) is 0 Å². The van der Waals surface area contributed by atoms with Gasteiger partial charge in [-0.3, -0.25) is 14.6 Å². The molecule has 1 fully saturated rings. The van der Waals surface area contributed by atoms with Crippen LogP contribution in [0.5, 0.6) is 0 Å². The molecule has 2 heterocycles. The highest BCUT2D eigenvalue weighted by Gasteiger charge is 2.29. The van der Waals surface area contributed by atoms with Gasteiger partial charge in [0.1, 0.15) is 0 Å². The van der Waals surface area contributed by atoms with Crippen LogP contribution in [0.3, 0.4) is 0 Å². The lowest BCUT2D eigenvalue weighted by Crippen LogP contribution is -2.45. The maximum atomic E-state index is 12.5. The average molecular weight is 347 g/mol. The Kier molecular flexibility index (Phi) is 6.12. The third-order valence-electron chi connectivity index (χ3n) is 4.76. The van der Waals surface area contributed by atoms with Gasteiger partial charge in [-0.25, -0.2) is 4.79 Å². The number of carboxylic acids is 1. The van der Waals surface area contributed by atoms with Gasteiger partial charge < -0.3 is 15.3 Å². The molecule has 2 amide bonds. The second kappa shape index (κ2) is 8.09. The van der Waals surface area contributed by atoms with E-state index < -0.39 is 5.97 Å². The first-order chi connectivity index (χ1) is 11.8. The molecule has 0 bridgehead atoms. The van der Waals surface area contributed by atoms with Gasteiger partial charge in [0.05, 0.1) is 11.1 Å². The van der Waals surface area contributed by atoms with Crippen molar-refractivity contribution in [2.75, 3.05) is 13.1 Å². The van der Waals surface area contributed by atoms with Crippen LogP contribution in [0.2, 0.25) is 0 Å². The molecule has 1 atom stereocenters.